The minimum Gasteiger partial charge on any atom is -0.478 e. The molecule has 3 aromatic rings. The van der Waals surface area contributed by atoms with Crippen molar-refractivity contribution in [2.45, 2.75) is 4.90 Å². The van der Waals surface area contributed by atoms with Crippen molar-refractivity contribution in [3.63, 3.8) is 0 Å². The maximum atomic E-state index is 12.1. The lowest BCUT2D eigenvalue weighted by atomic mass is 10.2. The number of carbonyl (C=O) groups is 2. The van der Waals surface area contributed by atoms with Crippen molar-refractivity contribution in [2.24, 2.45) is 0 Å². The van der Waals surface area contributed by atoms with Gasteiger partial charge in [0.1, 0.15) is 0 Å². The monoisotopic (exact) mass is 326 g/mol. The summed E-state index contributed by atoms with van der Waals surface area (Å²) in [5.74, 6) is -1.03. The molecule has 1 heterocycles. The molecule has 0 bridgehead atoms. The largest absolute Gasteiger partial charge is 0.478 e. The van der Waals surface area contributed by atoms with Crippen LogP contribution >= 0.6 is 11.8 Å². The Labute approximate surface area is 136 Å². The summed E-state index contributed by atoms with van der Waals surface area (Å²) in [5, 5.41) is 13.0. The number of aromatic nitrogens is 1. The van der Waals surface area contributed by atoms with Crippen molar-refractivity contribution in [1.82, 2.24) is 4.98 Å². The van der Waals surface area contributed by atoms with E-state index in [1.807, 2.05) is 30.5 Å². The van der Waals surface area contributed by atoms with E-state index in [1.165, 1.54) is 17.8 Å². The summed E-state index contributed by atoms with van der Waals surface area (Å²) < 4.78 is 0. The molecule has 0 unspecified atom stereocenters. The van der Waals surface area contributed by atoms with Crippen molar-refractivity contribution in [3.8, 4) is 0 Å². The second-order valence-electron chi connectivity index (χ2n) is 4.92. The van der Waals surface area contributed by atoms with Crippen molar-refractivity contribution in [2.75, 3.05) is 11.1 Å². The fourth-order valence-electron chi connectivity index (χ4n) is 2.24. The Morgan fingerprint density at radius 3 is 2.78 bits per heavy atom. The Morgan fingerprint density at radius 1 is 1.13 bits per heavy atom. The van der Waals surface area contributed by atoms with Gasteiger partial charge < -0.3 is 15.4 Å². The van der Waals surface area contributed by atoms with E-state index in [1.54, 1.807) is 18.2 Å². The molecule has 0 spiro atoms. The average Bonchev–Trinajstić information content (AvgIpc) is 3.00. The third kappa shape index (κ3) is 3.54. The lowest BCUT2D eigenvalue weighted by Crippen LogP contribution is -2.14. The maximum Gasteiger partial charge on any atom is 0.336 e. The number of carboxylic acid groups (broad SMARTS) is 1. The minimum atomic E-state index is -0.995. The smallest absolute Gasteiger partial charge is 0.336 e. The fourth-order valence-corrected chi connectivity index (χ4v) is 3.08. The van der Waals surface area contributed by atoms with Gasteiger partial charge in [0.25, 0.3) is 0 Å². The first-order chi connectivity index (χ1) is 11.1. The first-order valence-corrected chi connectivity index (χ1v) is 7.94. The number of thioether (sulfide) groups is 1. The number of carbonyl (C=O) groups excluding carboxylic acids is 1. The van der Waals surface area contributed by atoms with E-state index in [4.69, 9.17) is 5.11 Å². The van der Waals surface area contributed by atoms with E-state index in [9.17, 15) is 9.59 Å². The van der Waals surface area contributed by atoms with Crippen molar-refractivity contribution >= 4 is 40.2 Å². The highest BCUT2D eigenvalue weighted by atomic mass is 32.2. The zero-order valence-corrected chi connectivity index (χ0v) is 12.9. The molecule has 0 saturated carbocycles. The van der Waals surface area contributed by atoms with Crippen LogP contribution in [0.5, 0.6) is 0 Å². The van der Waals surface area contributed by atoms with Crippen LogP contribution in [0.3, 0.4) is 0 Å². The van der Waals surface area contributed by atoms with E-state index in [0.717, 1.165) is 10.9 Å². The fraction of sp³-hybridized carbons (Fsp3) is 0.0588. The standard InChI is InChI=1S/C17H14N2O3S/c20-16(10-23-15-4-2-1-3-13(15)17(21)22)19-12-6-5-11-7-8-18-14(11)9-12/h1-9,18H,10H2,(H,19,20)(H,21,22). The Hall–Kier alpha value is -2.73. The Kier molecular flexibility index (Phi) is 4.34. The molecule has 0 radical (unpaired) electrons. The van der Waals surface area contributed by atoms with Gasteiger partial charge in [-0.1, -0.05) is 18.2 Å². The van der Waals surface area contributed by atoms with Gasteiger partial charge in [0.15, 0.2) is 0 Å². The molecule has 5 nitrogen and oxygen atoms in total. The number of nitrogens with one attached hydrogen (secondary N) is 2. The Morgan fingerprint density at radius 2 is 1.96 bits per heavy atom. The van der Waals surface area contributed by atoms with Crippen LogP contribution in [0.25, 0.3) is 10.9 Å². The number of anilines is 1. The molecule has 0 aliphatic heterocycles. The van der Waals surface area contributed by atoms with Gasteiger partial charge in [0, 0.05) is 22.3 Å². The number of carboxylic acids is 1. The van der Waals surface area contributed by atoms with Crippen LogP contribution in [0.1, 0.15) is 10.4 Å². The Bertz CT molecular complexity index is 873. The highest BCUT2D eigenvalue weighted by molar-refractivity contribution is 8.00. The topological polar surface area (TPSA) is 82.2 Å². The summed E-state index contributed by atoms with van der Waals surface area (Å²) >= 11 is 1.21. The number of fused-ring (bicyclic) bond motifs is 1. The number of amides is 1. The number of benzene rings is 2. The zero-order chi connectivity index (χ0) is 16.2. The summed E-state index contributed by atoms with van der Waals surface area (Å²) in [6, 6.07) is 14.2. The molecule has 0 aliphatic carbocycles. The summed E-state index contributed by atoms with van der Waals surface area (Å²) in [6.45, 7) is 0. The highest BCUT2D eigenvalue weighted by Crippen LogP contribution is 2.23. The van der Waals surface area contributed by atoms with E-state index in [0.29, 0.717) is 10.6 Å². The number of aromatic carboxylic acids is 1. The first-order valence-electron chi connectivity index (χ1n) is 6.95. The third-order valence-corrected chi connectivity index (χ3v) is 4.39. The Balaban J connectivity index is 1.64. The molecule has 23 heavy (non-hydrogen) atoms. The SMILES string of the molecule is O=C(CSc1ccccc1C(=O)O)Nc1ccc2cc[nH]c2c1. The van der Waals surface area contributed by atoms with Crippen LogP contribution in [0.4, 0.5) is 5.69 Å². The average molecular weight is 326 g/mol. The molecule has 2 aromatic carbocycles. The molecule has 116 valence electrons. The highest BCUT2D eigenvalue weighted by Gasteiger charge is 2.11. The van der Waals surface area contributed by atoms with Gasteiger partial charge in [-0.3, -0.25) is 4.79 Å². The predicted octanol–water partition coefficient (Wildman–Crippen LogP) is 3.60. The lowest BCUT2D eigenvalue weighted by molar-refractivity contribution is -0.113. The van der Waals surface area contributed by atoms with Gasteiger partial charge in [-0.2, -0.15) is 0 Å². The van der Waals surface area contributed by atoms with Gasteiger partial charge in [-0.15, -0.1) is 11.8 Å². The van der Waals surface area contributed by atoms with E-state index in [2.05, 4.69) is 10.3 Å². The van der Waals surface area contributed by atoms with Gasteiger partial charge in [-0.05, 0) is 35.7 Å². The molecule has 0 saturated heterocycles. The zero-order valence-electron chi connectivity index (χ0n) is 12.1. The molecule has 3 rings (SSSR count). The van der Waals surface area contributed by atoms with Crippen molar-refractivity contribution in [3.05, 3.63) is 60.3 Å². The molecule has 1 amide bonds. The quantitative estimate of drug-likeness (QED) is 0.626. The molecule has 0 atom stereocenters. The minimum absolute atomic E-state index is 0.146. The summed E-state index contributed by atoms with van der Waals surface area (Å²) in [6.07, 6.45) is 1.84. The van der Waals surface area contributed by atoms with Crippen molar-refractivity contribution in [1.29, 1.82) is 0 Å². The van der Waals surface area contributed by atoms with Crippen molar-refractivity contribution < 1.29 is 14.7 Å². The van der Waals surface area contributed by atoms with Crippen LogP contribution in [0.2, 0.25) is 0 Å². The van der Waals surface area contributed by atoms with Gasteiger partial charge >= 0.3 is 5.97 Å². The van der Waals surface area contributed by atoms with Gasteiger partial charge in [0.2, 0.25) is 5.91 Å². The van der Waals surface area contributed by atoms with Gasteiger partial charge in [-0.25, -0.2) is 4.79 Å². The van der Waals surface area contributed by atoms with Crippen LogP contribution < -0.4 is 5.32 Å². The van der Waals surface area contributed by atoms with Gasteiger partial charge in [0.05, 0.1) is 11.3 Å². The maximum absolute atomic E-state index is 12.1. The molecule has 0 fully saturated rings. The summed E-state index contributed by atoms with van der Waals surface area (Å²) in [4.78, 5) is 26.9. The lowest BCUT2D eigenvalue weighted by Gasteiger charge is -2.07. The summed E-state index contributed by atoms with van der Waals surface area (Å²) in [5.41, 5.74) is 1.86. The first kappa shape index (κ1) is 15.2. The molecule has 0 aliphatic rings. The molecular weight excluding hydrogens is 312 g/mol. The van der Waals surface area contributed by atoms with E-state index < -0.39 is 5.97 Å². The normalized spacial score (nSPS) is 10.6. The van der Waals surface area contributed by atoms with Crippen LogP contribution in [0, 0.1) is 0 Å². The van der Waals surface area contributed by atoms with Crippen LogP contribution in [-0.4, -0.2) is 27.7 Å². The second-order valence-corrected chi connectivity index (χ2v) is 5.94. The second kappa shape index (κ2) is 6.58. The number of rotatable bonds is 5. The van der Waals surface area contributed by atoms with Crippen LogP contribution in [-0.2, 0) is 4.79 Å². The predicted molar refractivity (Wildman–Crippen MR) is 91.1 cm³/mol. The summed E-state index contributed by atoms with van der Waals surface area (Å²) in [7, 11) is 0. The number of aromatic amines is 1. The number of H-pyrrole nitrogens is 1. The molecular formula is C17H14N2O3S. The molecule has 1 aromatic heterocycles. The van der Waals surface area contributed by atoms with Crippen LogP contribution in [0.15, 0.2) is 59.6 Å². The number of hydrogen-bond acceptors (Lipinski definition) is 3. The molecule has 3 N–H and O–H groups in total. The number of hydrogen-bond donors (Lipinski definition) is 3. The van der Waals surface area contributed by atoms with E-state index >= 15 is 0 Å². The third-order valence-electron chi connectivity index (χ3n) is 3.32. The molecule has 6 heteroatoms. The van der Waals surface area contributed by atoms with E-state index in [-0.39, 0.29) is 17.2 Å².